The Morgan fingerprint density at radius 2 is 1.78 bits per heavy atom. The Balaban J connectivity index is 1.11. The number of H-pyrrole nitrogens is 1. The van der Waals surface area contributed by atoms with E-state index in [2.05, 4.69) is 44.9 Å². The molecule has 2 aromatic carbocycles. The summed E-state index contributed by atoms with van der Waals surface area (Å²) in [6, 6.07) is 19.0. The van der Waals surface area contributed by atoms with Gasteiger partial charge in [-0.2, -0.15) is 5.10 Å². The molecule has 3 N–H and O–H groups in total. The molecule has 8 nitrogen and oxygen atoms in total. The van der Waals surface area contributed by atoms with E-state index in [1.54, 1.807) is 18.2 Å². The lowest BCUT2D eigenvalue weighted by Crippen LogP contribution is -2.35. The molecule has 0 bridgehead atoms. The van der Waals surface area contributed by atoms with Crippen molar-refractivity contribution in [3.63, 3.8) is 0 Å². The fraction of sp³-hybridized carbons (Fsp3) is 0.321. The first-order valence-electron chi connectivity index (χ1n) is 12.6. The molecule has 9 heteroatoms. The van der Waals surface area contributed by atoms with E-state index in [0.29, 0.717) is 21.1 Å². The highest BCUT2D eigenvalue weighted by molar-refractivity contribution is 7.20. The molecule has 190 valence electrons. The third-order valence-corrected chi connectivity index (χ3v) is 8.26. The van der Waals surface area contributed by atoms with Crippen LogP contribution in [0.2, 0.25) is 0 Å². The Morgan fingerprint density at radius 3 is 2.49 bits per heavy atom. The number of nitrogens with zero attached hydrogens (tertiary/aromatic N) is 2. The topological polar surface area (TPSA) is 99.3 Å². The number of aromatic amines is 1. The fourth-order valence-electron chi connectivity index (χ4n) is 4.83. The number of likely N-dealkylation sites (tertiary alicyclic amines) is 1. The lowest BCUT2D eigenvalue weighted by atomic mass is 10.1. The van der Waals surface area contributed by atoms with Gasteiger partial charge in [0.1, 0.15) is 22.5 Å². The lowest BCUT2D eigenvalue weighted by molar-refractivity contribution is 0.0934. The summed E-state index contributed by atoms with van der Waals surface area (Å²) in [7, 11) is 2.12. The number of rotatable bonds is 7. The van der Waals surface area contributed by atoms with Crippen LogP contribution in [0.3, 0.4) is 0 Å². The van der Waals surface area contributed by atoms with Crippen molar-refractivity contribution in [3.8, 4) is 5.75 Å². The first-order valence-corrected chi connectivity index (χ1v) is 13.4. The highest BCUT2D eigenvalue weighted by Gasteiger charge is 2.45. The minimum absolute atomic E-state index is 0.123. The van der Waals surface area contributed by atoms with Gasteiger partial charge in [-0.25, -0.2) is 0 Å². The molecule has 1 saturated carbocycles. The van der Waals surface area contributed by atoms with E-state index in [4.69, 9.17) is 4.74 Å². The molecule has 6 rings (SSSR count). The molecule has 2 amide bonds. The molecule has 1 saturated heterocycles. The highest BCUT2D eigenvalue weighted by Crippen LogP contribution is 2.45. The molecular weight excluding hydrogens is 486 g/mol. The van der Waals surface area contributed by atoms with Crippen molar-refractivity contribution in [2.45, 2.75) is 37.3 Å². The Bertz CT molecular complexity index is 1420. The second-order valence-corrected chi connectivity index (χ2v) is 11.0. The summed E-state index contributed by atoms with van der Waals surface area (Å²) in [6.07, 6.45) is 4.07. The molecule has 2 aromatic heterocycles. The van der Waals surface area contributed by atoms with E-state index in [0.717, 1.165) is 55.5 Å². The van der Waals surface area contributed by atoms with Crippen LogP contribution in [0, 0.1) is 0 Å². The normalized spacial score (nSPS) is 17.4. The van der Waals surface area contributed by atoms with Crippen LogP contribution in [0.25, 0.3) is 10.2 Å². The summed E-state index contributed by atoms with van der Waals surface area (Å²) >= 11 is 1.31. The first-order chi connectivity index (χ1) is 18.0. The number of aromatic nitrogens is 2. The molecule has 37 heavy (non-hydrogen) atoms. The van der Waals surface area contributed by atoms with Gasteiger partial charge in [-0.1, -0.05) is 30.3 Å². The number of hydrogen-bond donors (Lipinski definition) is 3. The number of carbonyl (C=O) groups excluding carboxylic acids is 2. The van der Waals surface area contributed by atoms with Gasteiger partial charge in [-0.3, -0.25) is 14.7 Å². The van der Waals surface area contributed by atoms with Gasteiger partial charge < -0.3 is 20.3 Å². The smallest absolute Gasteiger partial charge is 0.262 e. The summed E-state index contributed by atoms with van der Waals surface area (Å²) in [4.78, 5) is 29.5. The number of piperidine rings is 1. The zero-order chi connectivity index (χ0) is 25.4. The molecule has 0 unspecified atom stereocenters. The summed E-state index contributed by atoms with van der Waals surface area (Å²) in [6.45, 7) is 2.06. The van der Waals surface area contributed by atoms with E-state index in [-0.39, 0.29) is 23.5 Å². The number of hydrogen-bond acceptors (Lipinski definition) is 6. The minimum atomic E-state index is -0.286. The SMILES string of the molecule is CN1CCC(Oc2ccc(C(=O)Nc3[nH]nc4sc(C(=O)NC5(c6ccccc6)CC5)cc34)cc2)CC1. The Hall–Kier alpha value is -3.69. The lowest BCUT2D eigenvalue weighted by Gasteiger charge is -2.29. The molecule has 2 aliphatic rings. The average molecular weight is 516 g/mol. The van der Waals surface area contributed by atoms with Crippen molar-refractivity contribution < 1.29 is 14.3 Å². The van der Waals surface area contributed by atoms with E-state index >= 15 is 0 Å². The van der Waals surface area contributed by atoms with Crippen LogP contribution in [0.1, 0.15) is 51.3 Å². The number of nitrogens with one attached hydrogen (secondary N) is 3. The third kappa shape index (κ3) is 4.97. The first kappa shape index (κ1) is 23.7. The maximum atomic E-state index is 13.0. The maximum absolute atomic E-state index is 13.0. The number of ether oxygens (including phenoxy) is 1. The summed E-state index contributed by atoms with van der Waals surface area (Å²) in [5, 5.41) is 14.0. The van der Waals surface area contributed by atoms with Gasteiger partial charge in [0.05, 0.1) is 15.8 Å². The standard InChI is InChI=1S/C28H29N5O3S/c1-33-15-11-21(12-16-33)36-20-9-7-18(8-10-20)25(34)29-24-22-17-23(37-27(22)32-31-24)26(35)30-28(13-14-28)19-5-3-2-4-6-19/h2-10,17,21H,11-16H2,1H3,(H,30,35)(H2,29,31,32,34). The van der Waals surface area contributed by atoms with Crippen molar-refractivity contribution in [3.05, 3.63) is 76.7 Å². The van der Waals surface area contributed by atoms with Crippen LogP contribution in [-0.4, -0.2) is 53.2 Å². The van der Waals surface area contributed by atoms with E-state index < -0.39 is 0 Å². The Morgan fingerprint density at radius 1 is 1.05 bits per heavy atom. The molecule has 0 radical (unpaired) electrons. The van der Waals surface area contributed by atoms with E-state index in [1.807, 2.05) is 30.3 Å². The predicted molar refractivity (Wildman–Crippen MR) is 144 cm³/mol. The molecule has 4 aromatic rings. The molecule has 0 atom stereocenters. The second-order valence-electron chi connectivity index (χ2n) is 9.93. The van der Waals surface area contributed by atoms with Crippen molar-refractivity contribution in [1.29, 1.82) is 0 Å². The van der Waals surface area contributed by atoms with Crippen LogP contribution in [0.5, 0.6) is 5.75 Å². The van der Waals surface area contributed by atoms with Gasteiger partial charge in [-0.05, 0) is 68.6 Å². The number of thiophene rings is 1. The Kier molecular flexibility index (Phi) is 6.18. The second kappa shape index (κ2) is 9.64. The monoisotopic (exact) mass is 515 g/mol. The molecule has 0 spiro atoms. The van der Waals surface area contributed by atoms with Crippen molar-refractivity contribution >= 4 is 39.2 Å². The van der Waals surface area contributed by atoms with E-state index in [9.17, 15) is 9.59 Å². The van der Waals surface area contributed by atoms with Gasteiger partial charge in [0.25, 0.3) is 11.8 Å². The fourth-order valence-corrected chi connectivity index (χ4v) is 5.72. The summed E-state index contributed by atoms with van der Waals surface area (Å²) < 4.78 is 6.08. The molecule has 3 heterocycles. The Labute approximate surface area is 219 Å². The quantitative estimate of drug-likeness (QED) is 0.329. The summed E-state index contributed by atoms with van der Waals surface area (Å²) in [5.74, 6) is 0.870. The number of benzene rings is 2. The van der Waals surface area contributed by atoms with Crippen molar-refractivity contribution in [2.75, 3.05) is 25.5 Å². The molecular formula is C28H29N5O3S. The van der Waals surface area contributed by atoms with Gasteiger partial charge in [0.15, 0.2) is 0 Å². The summed E-state index contributed by atoms with van der Waals surface area (Å²) in [5.41, 5.74) is 1.36. The number of carbonyl (C=O) groups is 2. The highest BCUT2D eigenvalue weighted by atomic mass is 32.1. The van der Waals surface area contributed by atoms with Gasteiger partial charge >= 0.3 is 0 Å². The number of amides is 2. The van der Waals surface area contributed by atoms with Crippen LogP contribution in [0.15, 0.2) is 60.7 Å². The predicted octanol–water partition coefficient (Wildman–Crippen LogP) is 4.77. The van der Waals surface area contributed by atoms with Crippen LogP contribution >= 0.6 is 11.3 Å². The van der Waals surface area contributed by atoms with Gasteiger partial charge in [0.2, 0.25) is 0 Å². The molecule has 1 aliphatic carbocycles. The maximum Gasteiger partial charge on any atom is 0.262 e. The number of fused-ring (bicyclic) bond motifs is 1. The zero-order valence-corrected chi connectivity index (χ0v) is 21.4. The zero-order valence-electron chi connectivity index (χ0n) is 20.6. The van der Waals surface area contributed by atoms with Crippen molar-refractivity contribution in [1.82, 2.24) is 20.4 Å². The van der Waals surface area contributed by atoms with E-state index in [1.165, 1.54) is 11.3 Å². The van der Waals surface area contributed by atoms with Crippen LogP contribution in [-0.2, 0) is 5.54 Å². The number of anilines is 1. The average Bonchev–Trinajstić information content (AvgIpc) is 3.42. The van der Waals surface area contributed by atoms with Crippen molar-refractivity contribution in [2.24, 2.45) is 0 Å². The molecule has 2 fully saturated rings. The minimum Gasteiger partial charge on any atom is -0.490 e. The van der Waals surface area contributed by atoms with Crippen LogP contribution in [0.4, 0.5) is 5.82 Å². The molecule has 1 aliphatic heterocycles. The third-order valence-electron chi connectivity index (χ3n) is 7.23. The van der Waals surface area contributed by atoms with Gasteiger partial charge in [-0.15, -0.1) is 11.3 Å². The van der Waals surface area contributed by atoms with Gasteiger partial charge in [0, 0.05) is 18.7 Å². The van der Waals surface area contributed by atoms with Crippen LogP contribution < -0.4 is 15.4 Å². The largest absolute Gasteiger partial charge is 0.490 e.